The highest BCUT2D eigenvalue weighted by Crippen LogP contribution is 2.29. The number of aliphatic hydroxyl groups is 6. The van der Waals surface area contributed by atoms with Crippen molar-refractivity contribution in [2.75, 3.05) is 37.4 Å². The van der Waals surface area contributed by atoms with E-state index in [1.165, 1.54) is 43.8 Å². The van der Waals surface area contributed by atoms with E-state index < -0.39 is 85.3 Å². The maximum Gasteiger partial charge on any atom is 0.533 e. The Balaban J connectivity index is 0.000000932. The molecule has 0 amide bonds. The Morgan fingerprint density at radius 1 is 0.712 bits per heavy atom. The summed E-state index contributed by atoms with van der Waals surface area (Å²) >= 11 is 4.96. The number of ether oxygens (including phenoxy) is 4. The number of nitrogens with one attached hydrogen (secondary N) is 2. The Kier molecular flexibility index (Phi) is 28.1. The zero-order chi connectivity index (χ0) is 42.3. The molecule has 2 aliphatic rings. The molecular weight excluding hydrogens is 808 g/mol. The van der Waals surface area contributed by atoms with Gasteiger partial charge in [0, 0.05) is 30.1 Å². The van der Waals surface area contributed by atoms with Crippen LogP contribution in [0.2, 0.25) is 0 Å². The molecule has 2 fully saturated rings. The number of unbranched alkanes of at least 4 members (excludes halogenated alkanes) is 8. The van der Waals surface area contributed by atoms with Crippen LogP contribution in [0.15, 0.2) is 34.1 Å². The maximum atomic E-state index is 12.1. The summed E-state index contributed by atoms with van der Waals surface area (Å²) in [6, 6.07) is 2.60. The number of carbonyl (C=O) groups excluding carboxylic acids is 2. The van der Waals surface area contributed by atoms with Gasteiger partial charge in [0.15, 0.2) is 24.1 Å². The summed E-state index contributed by atoms with van der Waals surface area (Å²) in [5.74, 6) is -0.101. The summed E-state index contributed by atoms with van der Waals surface area (Å²) in [5.41, 5.74) is 1.64. The quantitative estimate of drug-likeness (QED) is 0.0424. The van der Waals surface area contributed by atoms with Crippen molar-refractivity contribution in [2.24, 2.45) is 0 Å². The molecule has 0 aromatic carbocycles. The summed E-state index contributed by atoms with van der Waals surface area (Å²) in [6.07, 6.45) is 2.71. The number of carbonyl (C=O) groups is 2. The van der Waals surface area contributed by atoms with Crippen LogP contribution in [-0.2, 0) is 23.8 Å². The highest BCUT2D eigenvalue weighted by Gasteiger charge is 2.44. The van der Waals surface area contributed by atoms with Crippen molar-refractivity contribution >= 4 is 34.8 Å². The molecule has 2 aromatic heterocycles. The summed E-state index contributed by atoms with van der Waals surface area (Å²) < 4.78 is 21.8. The average molecular weight is 871 g/mol. The van der Waals surface area contributed by atoms with E-state index >= 15 is 0 Å². The van der Waals surface area contributed by atoms with E-state index in [4.69, 9.17) is 41.2 Å². The van der Waals surface area contributed by atoms with Crippen LogP contribution < -0.4 is 22.3 Å². The molecule has 340 valence electrons. The maximum absolute atomic E-state index is 12.1. The van der Waals surface area contributed by atoms with E-state index in [-0.39, 0.29) is 33.1 Å². The molecule has 4 heterocycles. The van der Waals surface area contributed by atoms with Gasteiger partial charge in [-0.25, -0.2) is 19.2 Å². The molecule has 8 atom stereocenters. The Hall–Kier alpha value is -3.97. The smallest absolute Gasteiger partial charge is 0.454 e. The first-order valence-corrected chi connectivity index (χ1v) is 19.0. The molecule has 2 aliphatic heterocycles. The number of nitrogens with zero attached hydrogens (tertiary/aromatic N) is 4. The fourth-order valence-electron chi connectivity index (χ4n) is 5.39. The predicted molar refractivity (Wildman–Crippen MR) is 213 cm³/mol. The molecule has 59 heavy (non-hydrogen) atoms. The largest absolute Gasteiger partial charge is 0.533 e. The molecule has 9 N–H and O–H groups in total. The Labute approximate surface area is 347 Å². The van der Waals surface area contributed by atoms with E-state index in [2.05, 4.69) is 38.9 Å². The Morgan fingerprint density at radius 3 is 1.53 bits per heavy atom. The molecule has 4 rings (SSSR count). The number of halogens is 1. The van der Waals surface area contributed by atoms with Gasteiger partial charge >= 0.3 is 23.0 Å². The molecule has 0 radical (unpaired) electrons. The van der Waals surface area contributed by atoms with Crippen LogP contribution in [0.4, 0.5) is 21.2 Å². The van der Waals surface area contributed by atoms with Crippen molar-refractivity contribution in [3.8, 4) is 0 Å². The lowest BCUT2D eigenvalue weighted by molar-refractivity contribution is -0.0549. The van der Waals surface area contributed by atoms with Crippen molar-refractivity contribution < 1.29 is 69.2 Å². The van der Waals surface area contributed by atoms with E-state index in [0.29, 0.717) is 6.61 Å². The zero-order valence-electron chi connectivity index (χ0n) is 31.8. The number of rotatable bonds is 19. The topological polar surface area (TPSA) is 316 Å². The molecule has 23 heteroatoms. The predicted octanol–water partition coefficient (Wildman–Crippen LogP) is 2.57. The minimum atomic E-state index is -1.40. The summed E-state index contributed by atoms with van der Waals surface area (Å²) in [6.45, 7) is 4.00. The fourth-order valence-corrected chi connectivity index (χ4v) is 5.47. The van der Waals surface area contributed by atoms with Gasteiger partial charge in [0.25, 0.3) is 0 Å². The zero-order valence-corrected chi connectivity index (χ0v) is 32.6. The van der Waals surface area contributed by atoms with Crippen LogP contribution in [0.3, 0.4) is 0 Å². The average Bonchev–Trinajstić information content (AvgIpc) is 3.65. The lowest BCUT2D eigenvalue weighted by Gasteiger charge is -2.17. The van der Waals surface area contributed by atoms with E-state index in [1.54, 1.807) is 5.48 Å². The number of hydrogen-bond donors (Lipinski definition) is 9. The van der Waals surface area contributed by atoms with Gasteiger partial charge in [0.2, 0.25) is 0 Å². The summed E-state index contributed by atoms with van der Waals surface area (Å²) in [4.78, 5) is 57.1. The lowest BCUT2D eigenvalue weighted by Crippen LogP contribution is -2.36. The molecular formula is C36H63ClN6O16. The van der Waals surface area contributed by atoms with Gasteiger partial charge in [-0.3, -0.25) is 19.8 Å². The minimum Gasteiger partial charge on any atom is -0.454 e. The van der Waals surface area contributed by atoms with E-state index in [1.807, 2.05) is 0 Å². The van der Waals surface area contributed by atoms with Crippen LogP contribution in [0.25, 0.3) is 0 Å². The van der Waals surface area contributed by atoms with Crippen molar-refractivity contribution in [1.82, 2.24) is 19.1 Å². The second kappa shape index (κ2) is 30.1. The standard InChI is InChI=1S/C17H27N3O8.C9H13N3O6.C8H15ClO2.2CH4/c1-2-3-4-5-6-9-26-17(25)28-19-12-7-8-20(16(24)18-12)15-14(23)13(22)11(10-21)27-15;13-3-4-6(14)7(15)8(18-4)12-2-1-5(11-17)10-9(12)16;1-2-3-4-5-6-7-11-8(9)10;;/h7-8,11,13-15,21-23H,2-6,9-10H2,1H3,(H,18,19,24);1-2,4,6-8,13-15,17H,3H2,(H,10,11,16);2-7H2,1H3;2*1H4/t11-,13+,14?,15-;4-,6+,7?,8-;;;/m11.../s1. The van der Waals surface area contributed by atoms with Gasteiger partial charge in [-0.05, 0) is 18.9 Å². The van der Waals surface area contributed by atoms with Crippen LogP contribution >= 0.6 is 11.6 Å². The highest BCUT2D eigenvalue weighted by molar-refractivity contribution is 6.61. The third kappa shape index (κ3) is 18.5. The molecule has 2 saturated heterocycles. The molecule has 2 unspecified atom stereocenters. The SMILES string of the molecule is C.C.CCCCCCCOC(=O)Cl.CCCCCCCOC(=O)ONc1ccn([C@@H]2O[C@H](CO)[C@H](O)C2O)c(=O)n1.O=c1nc(NO)ccn1[C@@H]1O[C@H](CO)[C@H](O)C1O. The molecule has 0 aliphatic carbocycles. The first-order chi connectivity index (χ1) is 27.3. The van der Waals surface area contributed by atoms with Crippen LogP contribution in [0.5, 0.6) is 0 Å². The lowest BCUT2D eigenvalue weighted by atomic mass is 10.1. The molecule has 0 saturated carbocycles. The third-order valence-corrected chi connectivity index (χ3v) is 8.64. The monoisotopic (exact) mass is 870 g/mol. The first-order valence-electron chi connectivity index (χ1n) is 18.6. The third-order valence-electron chi connectivity index (χ3n) is 8.53. The van der Waals surface area contributed by atoms with E-state index in [0.717, 1.165) is 54.1 Å². The normalized spacial score (nSPS) is 22.9. The summed E-state index contributed by atoms with van der Waals surface area (Å²) in [7, 11) is 0. The Bertz CT molecular complexity index is 1590. The number of aliphatic hydroxyl groups excluding tert-OH is 6. The van der Waals surface area contributed by atoms with Crippen LogP contribution in [-0.4, -0.2) is 130 Å². The van der Waals surface area contributed by atoms with Crippen LogP contribution in [0.1, 0.15) is 105 Å². The van der Waals surface area contributed by atoms with Crippen molar-refractivity contribution in [3.05, 3.63) is 45.5 Å². The molecule has 0 bridgehead atoms. The first kappa shape index (κ1) is 55.0. The second-order valence-electron chi connectivity index (χ2n) is 12.8. The van der Waals surface area contributed by atoms with Crippen molar-refractivity contribution in [2.45, 2.75) is 142 Å². The fraction of sp³-hybridized carbons (Fsp3) is 0.722. The van der Waals surface area contributed by atoms with Crippen LogP contribution in [0, 0.1) is 0 Å². The second-order valence-corrected chi connectivity index (χ2v) is 13.1. The molecule has 2 aromatic rings. The van der Waals surface area contributed by atoms with Gasteiger partial charge in [-0.15, -0.1) is 0 Å². The molecule has 0 spiro atoms. The van der Waals surface area contributed by atoms with Gasteiger partial charge in [-0.2, -0.15) is 15.4 Å². The van der Waals surface area contributed by atoms with Gasteiger partial charge in [0.05, 0.1) is 26.4 Å². The van der Waals surface area contributed by atoms with Gasteiger partial charge in [0.1, 0.15) is 36.6 Å². The number of hydrogen-bond acceptors (Lipinski definition) is 20. The number of aromatic nitrogens is 4. The Morgan fingerprint density at radius 2 is 1.14 bits per heavy atom. The highest BCUT2D eigenvalue weighted by atomic mass is 35.5. The minimum absolute atomic E-state index is 0. The van der Waals surface area contributed by atoms with E-state index in [9.17, 15) is 39.6 Å². The van der Waals surface area contributed by atoms with Gasteiger partial charge < -0.3 is 54.4 Å². The van der Waals surface area contributed by atoms with Gasteiger partial charge in [-0.1, -0.05) is 80.1 Å². The molecule has 22 nitrogen and oxygen atoms in total. The summed E-state index contributed by atoms with van der Waals surface area (Å²) in [5, 5.41) is 65.6. The van der Waals surface area contributed by atoms with Crippen molar-refractivity contribution in [3.63, 3.8) is 0 Å². The number of anilines is 2. The van der Waals surface area contributed by atoms with Crippen molar-refractivity contribution in [1.29, 1.82) is 0 Å².